The first-order valence-corrected chi connectivity index (χ1v) is 8.03. The number of rotatable bonds is 6. The normalized spacial score (nSPS) is 16.1. The van der Waals surface area contributed by atoms with Gasteiger partial charge in [0.1, 0.15) is 6.10 Å². The van der Waals surface area contributed by atoms with E-state index in [4.69, 9.17) is 19.2 Å². The van der Waals surface area contributed by atoms with E-state index in [1.54, 1.807) is 14.2 Å². The van der Waals surface area contributed by atoms with Crippen LogP contribution in [0.3, 0.4) is 0 Å². The molecule has 6 heteroatoms. The number of carbonyl (C=O) groups is 1. The van der Waals surface area contributed by atoms with Crippen molar-refractivity contribution >= 4 is 23.1 Å². The van der Waals surface area contributed by atoms with Gasteiger partial charge in [0.2, 0.25) is 0 Å². The van der Waals surface area contributed by atoms with Crippen molar-refractivity contribution in [3.8, 4) is 11.5 Å². The Morgan fingerprint density at radius 2 is 1.96 bits per heavy atom. The fourth-order valence-corrected chi connectivity index (χ4v) is 3.25. The molecule has 1 unspecified atom stereocenters. The zero-order valence-electron chi connectivity index (χ0n) is 14.4. The molecule has 1 heterocycles. The number of fused-ring (bicyclic) bond motifs is 2. The molecule has 128 valence electrons. The Bertz CT molecular complexity index is 773. The van der Waals surface area contributed by atoms with E-state index in [1.165, 1.54) is 0 Å². The molecule has 6 nitrogen and oxygen atoms in total. The fourth-order valence-electron chi connectivity index (χ4n) is 3.25. The fraction of sp³-hybridized carbons (Fsp3) is 0.444. The van der Waals surface area contributed by atoms with Crippen molar-refractivity contribution in [2.45, 2.75) is 38.8 Å². The first-order chi connectivity index (χ1) is 11.6. The summed E-state index contributed by atoms with van der Waals surface area (Å²) in [5.41, 5.74) is 3.72. The minimum atomic E-state index is -0.260. The molecule has 1 aromatic carbocycles. The molecule has 1 N–H and O–H groups in total. The summed E-state index contributed by atoms with van der Waals surface area (Å²) >= 11 is 0. The lowest BCUT2D eigenvalue weighted by atomic mass is 10.0. The highest BCUT2D eigenvalue weighted by atomic mass is 16.5. The summed E-state index contributed by atoms with van der Waals surface area (Å²) in [6.45, 7) is 4.66. The maximum atomic E-state index is 10.9. The van der Waals surface area contributed by atoms with Crippen molar-refractivity contribution in [3.63, 3.8) is 0 Å². The lowest BCUT2D eigenvalue weighted by Gasteiger charge is -2.21. The number of pyridine rings is 1. The van der Waals surface area contributed by atoms with Gasteiger partial charge in [0.25, 0.3) is 6.47 Å². The topological polar surface area (TPSA) is 69.7 Å². The molecule has 0 bridgehead atoms. The highest BCUT2D eigenvalue weighted by Gasteiger charge is 2.30. The Labute approximate surface area is 141 Å². The SMILES string of the molecule is COc1cc2nc3c(c(NC(C)C)c2cc1OC)C(OC=O)CC3. The number of nitrogens with one attached hydrogen (secondary N) is 1. The van der Waals surface area contributed by atoms with Gasteiger partial charge in [-0.25, -0.2) is 0 Å². The molecule has 1 aliphatic carbocycles. The average Bonchev–Trinajstić information content (AvgIpc) is 2.96. The third-order valence-corrected chi connectivity index (χ3v) is 4.23. The molecule has 3 rings (SSSR count). The molecule has 1 aromatic heterocycles. The number of benzene rings is 1. The van der Waals surface area contributed by atoms with Crippen LogP contribution in [0.15, 0.2) is 12.1 Å². The summed E-state index contributed by atoms with van der Waals surface area (Å²) in [4.78, 5) is 15.6. The van der Waals surface area contributed by atoms with E-state index in [0.717, 1.165) is 40.7 Å². The standard InChI is InChI=1S/C18H22N2O4/c1-10(2)19-18-11-7-15(22-3)16(23-4)8-13(11)20-12-5-6-14(17(12)18)24-9-21/h7-10,14H,5-6H2,1-4H3,(H,19,20). The molecule has 0 saturated carbocycles. The van der Waals surface area contributed by atoms with Crippen LogP contribution in [0, 0.1) is 0 Å². The van der Waals surface area contributed by atoms with E-state index in [0.29, 0.717) is 18.0 Å². The molecule has 24 heavy (non-hydrogen) atoms. The zero-order chi connectivity index (χ0) is 17.3. The number of carbonyl (C=O) groups excluding carboxylic acids is 1. The van der Waals surface area contributed by atoms with Gasteiger partial charge in [-0.2, -0.15) is 0 Å². The Hall–Kier alpha value is -2.50. The maximum absolute atomic E-state index is 10.9. The van der Waals surface area contributed by atoms with Crippen molar-refractivity contribution in [2.75, 3.05) is 19.5 Å². The molecule has 0 saturated heterocycles. The Balaban J connectivity index is 2.28. The van der Waals surface area contributed by atoms with Crippen molar-refractivity contribution in [1.82, 2.24) is 4.98 Å². The highest BCUT2D eigenvalue weighted by molar-refractivity contribution is 5.96. The second-order valence-corrected chi connectivity index (χ2v) is 6.13. The van der Waals surface area contributed by atoms with E-state index < -0.39 is 0 Å². The van der Waals surface area contributed by atoms with Crippen LogP contribution in [0.4, 0.5) is 5.69 Å². The van der Waals surface area contributed by atoms with Crippen molar-refractivity contribution in [1.29, 1.82) is 0 Å². The summed E-state index contributed by atoms with van der Waals surface area (Å²) in [5, 5.41) is 4.42. The lowest BCUT2D eigenvalue weighted by molar-refractivity contribution is -0.133. The smallest absolute Gasteiger partial charge is 0.293 e. The number of ether oxygens (including phenoxy) is 3. The van der Waals surface area contributed by atoms with Gasteiger partial charge in [-0.05, 0) is 32.8 Å². The van der Waals surface area contributed by atoms with Crippen LogP contribution < -0.4 is 14.8 Å². The number of hydrogen-bond donors (Lipinski definition) is 1. The van der Waals surface area contributed by atoms with E-state index in [1.807, 2.05) is 12.1 Å². The second-order valence-electron chi connectivity index (χ2n) is 6.13. The monoisotopic (exact) mass is 330 g/mol. The molecule has 0 aliphatic heterocycles. The summed E-state index contributed by atoms with van der Waals surface area (Å²) < 4.78 is 16.1. The quantitative estimate of drug-likeness (QED) is 0.820. The van der Waals surface area contributed by atoms with Gasteiger partial charge in [-0.1, -0.05) is 0 Å². The second kappa shape index (κ2) is 6.55. The van der Waals surface area contributed by atoms with Crippen LogP contribution in [-0.4, -0.2) is 31.7 Å². The zero-order valence-corrected chi connectivity index (χ0v) is 14.4. The lowest BCUT2D eigenvalue weighted by Crippen LogP contribution is -2.14. The van der Waals surface area contributed by atoms with Crippen LogP contribution >= 0.6 is 0 Å². The molecular weight excluding hydrogens is 308 g/mol. The van der Waals surface area contributed by atoms with Gasteiger partial charge in [0, 0.05) is 23.1 Å². The van der Waals surface area contributed by atoms with Crippen LogP contribution in [0.5, 0.6) is 11.5 Å². The first-order valence-electron chi connectivity index (χ1n) is 8.03. The summed E-state index contributed by atoms with van der Waals surface area (Å²) in [7, 11) is 3.22. The maximum Gasteiger partial charge on any atom is 0.293 e. The van der Waals surface area contributed by atoms with Crippen molar-refractivity contribution < 1.29 is 19.0 Å². The summed E-state index contributed by atoms with van der Waals surface area (Å²) in [6, 6.07) is 4.03. The third kappa shape index (κ3) is 2.72. The average molecular weight is 330 g/mol. The molecule has 0 amide bonds. The predicted octanol–water partition coefficient (Wildman–Crippen LogP) is 3.23. The number of aromatic nitrogens is 1. The van der Waals surface area contributed by atoms with E-state index >= 15 is 0 Å². The number of anilines is 1. The number of methoxy groups -OCH3 is 2. The summed E-state index contributed by atoms with van der Waals surface area (Å²) in [6.07, 6.45) is 1.27. The Kier molecular flexibility index (Phi) is 4.46. The molecular formula is C18H22N2O4. The van der Waals surface area contributed by atoms with Gasteiger partial charge in [-0.15, -0.1) is 0 Å². The molecule has 0 fully saturated rings. The predicted molar refractivity (Wildman–Crippen MR) is 91.8 cm³/mol. The number of aryl methyl sites for hydroxylation is 1. The van der Waals surface area contributed by atoms with Gasteiger partial charge in [0.15, 0.2) is 11.5 Å². The molecule has 0 spiro atoms. The first kappa shape index (κ1) is 16.4. The van der Waals surface area contributed by atoms with Crippen molar-refractivity contribution in [2.24, 2.45) is 0 Å². The van der Waals surface area contributed by atoms with Crippen LogP contribution in [0.25, 0.3) is 10.9 Å². The number of hydrogen-bond acceptors (Lipinski definition) is 6. The minimum absolute atomic E-state index is 0.227. The van der Waals surface area contributed by atoms with Crippen LogP contribution in [0.2, 0.25) is 0 Å². The van der Waals surface area contributed by atoms with E-state index in [-0.39, 0.29) is 12.1 Å². The van der Waals surface area contributed by atoms with Crippen molar-refractivity contribution in [3.05, 3.63) is 23.4 Å². The molecule has 1 atom stereocenters. The Morgan fingerprint density at radius 3 is 2.58 bits per heavy atom. The molecule has 1 aliphatic rings. The third-order valence-electron chi connectivity index (χ3n) is 4.23. The van der Waals surface area contributed by atoms with Crippen LogP contribution in [0.1, 0.15) is 37.6 Å². The largest absolute Gasteiger partial charge is 0.493 e. The van der Waals surface area contributed by atoms with E-state index in [2.05, 4.69) is 19.2 Å². The van der Waals surface area contributed by atoms with Gasteiger partial charge >= 0.3 is 0 Å². The number of nitrogens with zero attached hydrogens (tertiary/aromatic N) is 1. The Morgan fingerprint density at radius 1 is 1.25 bits per heavy atom. The van der Waals surface area contributed by atoms with Gasteiger partial charge < -0.3 is 19.5 Å². The minimum Gasteiger partial charge on any atom is -0.493 e. The molecule has 2 aromatic rings. The van der Waals surface area contributed by atoms with E-state index in [9.17, 15) is 4.79 Å². The molecule has 0 radical (unpaired) electrons. The van der Waals surface area contributed by atoms with Crippen LogP contribution in [-0.2, 0) is 16.0 Å². The highest BCUT2D eigenvalue weighted by Crippen LogP contribution is 2.44. The van der Waals surface area contributed by atoms with Gasteiger partial charge in [0.05, 0.1) is 31.1 Å². The van der Waals surface area contributed by atoms with Gasteiger partial charge in [-0.3, -0.25) is 9.78 Å². The summed E-state index contributed by atoms with van der Waals surface area (Å²) in [5.74, 6) is 1.29.